The van der Waals surface area contributed by atoms with E-state index in [9.17, 15) is 18.0 Å². The molecule has 0 unspecified atom stereocenters. The number of rotatable bonds is 3. The maximum atomic E-state index is 13.5. The van der Waals surface area contributed by atoms with Gasteiger partial charge in [0.25, 0.3) is 0 Å². The highest BCUT2D eigenvalue weighted by atomic mass is 35.5. The summed E-state index contributed by atoms with van der Waals surface area (Å²) in [6.07, 6.45) is 0. The van der Waals surface area contributed by atoms with Gasteiger partial charge in [-0.15, -0.1) is 0 Å². The number of anilines is 1. The average molecular weight is 316 g/mol. The van der Waals surface area contributed by atoms with Gasteiger partial charge in [0.1, 0.15) is 24.1 Å². The normalized spacial score (nSPS) is 10.5. The Labute approximate surface area is 123 Å². The maximum absolute atomic E-state index is 13.5. The molecule has 0 spiro atoms. The van der Waals surface area contributed by atoms with Gasteiger partial charge in [0.05, 0.1) is 16.3 Å². The Morgan fingerprint density at radius 3 is 2.57 bits per heavy atom. The predicted molar refractivity (Wildman–Crippen MR) is 71.3 cm³/mol. The van der Waals surface area contributed by atoms with Gasteiger partial charge < -0.3 is 10.5 Å². The summed E-state index contributed by atoms with van der Waals surface area (Å²) in [5.41, 5.74) is 4.35. The second-order valence-corrected chi connectivity index (χ2v) is 4.52. The third kappa shape index (κ3) is 3.28. The zero-order valence-corrected chi connectivity index (χ0v) is 11.3. The van der Waals surface area contributed by atoms with Gasteiger partial charge >= 0.3 is 5.97 Å². The van der Waals surface area contributed by atoms with Crippen LogP contribution in [0.3, 0.4) is 0 Å². The van der Waals surface area contributed by atoms with Crippen molar-refractivity contribution in [2.24, 2.45) is 0 Å². The van der Waals surface area contributed by atoms with E-state index >= 15 is 0 Å². The van der Waals surface area contributed by atoms with Crippen LogP contribution < -0.4 is 5.73 Å². The summed E-state index contributed by atoms with van der Waals surface area (Å²) in [6, 6.07) is 5.29. The Hall–Kier alpha value is -2.21. The van der Waals surface area contributed by atoms with Crippen LogP contribution in [0.4, 0.5) is 18.9 Å². The first kappa shape index (κ1) is 15.2. The highest BCUT2D eigenvalue weighted by molar-refractivity contribution is 6.31. The first-order valence-electron chi connectivity index (χ1n) is 5.74. The Morgan fingerprint density at radius 2 is 1.86 bits per heavy atom. The van der Waals surface area contributed by atoms with E-state index in [2.05, 4.69) is 0 Å². The number of ether oxygens (including phenoxy) is 1. The third-order valence-electron chi connectivity index (χ3n) is 2.70. The molecule has 7 heteroatoms. The summed E-state index contributed by atoms with van der Waals surface area (Å²) in [4.78, 5) is 11.7. The van der Waals surface area contributed by atoms with E-state index in [1.165, 1.54) is 12.1 Å². The molecule has 2 rings (SSSR count). The maximum Gasteiger partial charge on any atom is 0.341 e. The fraction of sp³-hybridized carbons (Fsp3) is 0.0714. The molecule has 0 fully saturated rings. The van der Waals surface area contributed by atoms with Gasteiger partial charge in [-0.3, -0.25) is 0 Å². The van der Waals surface area contributed by atoms with Crippen LogP contribution in [0.25, 0.3) is 0 Å². The molecule has 0 saturated heterocycles. The Morgan fingerprint density at radius 1 is 1.14 bits per heavy atom. The van der Waals surface area contributed by atoms with E-state index in [4.69, 9.17) is 22.1 Å². The molecule has 0 amide bonds. The monoisotopic (exact) mass is 315 g/mol. The number of hydrogen-bond acceptors (Lipinski definition) is 3. The van der Waals surface area contributed by atoms with Crippen molar-refractivity contribution in [3.63, 3.8) is 0 Å². The number of esters is 1. The largest absolute Gasteiger partial charge is 0.457 e. The summed E-state index contributed by atoms with van der Waals surface area (Å²) in [5, 5.41) is -0.200. The molecular formula is C14H9ClF3NO2. The molecule has 0 aliphatic heterocycles. The summed E-state index contributed by atoms with van der Waals surface area (Å²) in [7, 11) is 0. The van der Waals surface area contributed by atoms with Crippen molar-refractivity contribution in [1.29, 1.82) is 0 Å². The fourth-order valence-electron chi connectivity index (χ4n) is 1.60. The van der Waals surface area contributed by atoms with Crippen molar-refractivity contribution < 1.29 is 22.7 Å². The molecular weight excluding hydrogens is 307 g/mol. The van der Waals surface area contributed by atoms with Crippen molar-refractivity contribution in [2.75, 3.05) is 5.73 Å². The number of carbonyl (C=O) groups is 1. The average Bonchev–Trinajstić information content (AvgIpc) is 2.44. The molecule has 0 heterocycles. The zero-order chi connectivity index (χ0) is 15.6. The standard InChI is InChI=1S/C14H9ClF3NO2/c15-13-7(2-1-3-9(13)16)6-21-14(20)8-4-11(18)12(19)5-10(8)17/h1-5H,6,19H2. The molecule has 2 aromatic carbocycles. The number of carbonyl (C=O) groups excluding carboxylic acids is 1. The topological polar surface area (TPSA) is 52.3 Å². The van der Waals surface area contributed by atoms with E-state index in [0.717, 1.165) is 6.07 Å². The van der Waals surface area contributed by atoms with Crippen LogP contribution in [-0.2, 0) is 11.3 Å². The third-order valence-corrected chi connectivity index (χ3v) is 3.12. The molecule has 0 saturated carbocycles. The van der Waals surface area contributed by atoms with Gasteiger partial charge in [-0.2, -0.15) is 0 Å². The van der Waals surface area contributed by atoms with Crippen LogP contribution in [0.5, 0.6) is 0 Å². The molecule has 0 radical (unpaired) electrons. The highest BCUT2D eigenvalue weighted by Gasteiger charge is 2.17. The number of nitrogen functional groups attached to an aromatic ring is 1. The van der Waals surface area contributed by atoms with Gasteiger partial charge in [-0.25, -0.2) is 18.0 Å². The van der Waals surface area contributed by atoms with Gasteiger partial charge in [0, 0.05) is 11.6 Å². The lowest BCUT2D eigenvalue weighted by Gasteiger charge is -2.08. The molecule has 0 aromatic heterocycles. The van der Waals surface area contributed by atoms with Crippen molar-refractivity contribution in [1.82, 2.24) is 0 Å². The van der Waals surface area contributed by atoms with Gasteiger partial charge in [0.2, 0.25) is 0 Å². The van der Waals surface area contributed by atoms with E-state index < -0.39 is 34.7 Å². The SMILES string of the molecule is Nc1cc(F)c(C(=O)OCc2cccc(F)c2Cl)cc1F. The second kappa shape index (κ2) is 6.05. The lowest BCUT2D eigenvalue weighted by molar-refractivity contribution is 0.0466. The number of halogens is 4. The van der Waals surface area contributed by atoms with Gasteiger partial charge in [0.15, 0.2) is 0 Å². The quantitative estimate of drug-likeness (QED) is 0.694. The summed E-state index contributed by atoms with van der Waals surface area (Å²) >= 11 is 5.68. The zero-order valence-electron chi connectivity index (χ0n) is 10.5. The van der Waals surface area contributed by atoms with Crippen LogP contribution >= 0.6 is 11.6 Å². The molecule has 3 nitrogen and oxygen atoms in total. The minimum absolute atomic E-state index is 0.200. The lowest BCUT2D eigenvalue weighted by Crippen LogP contribution is -2.09. The molecule has 2 aromatic rings. The first-order valence-corrected chi connectivity index (χ1v) is 6.12. The van der Waals surface area contributed by atoms with Crippen LogP contribution in [0, 0.1) is 17.5 Å². The summed E-state index contributed by atoms with van der Waals surface area (Å²) in [6.45, 7) is -0.374. The first-order chi connectivity index (χ1) is 9.90. The number of hydrogen-bond donors (Lipinski definition) is 1. The van der Waals surface area contributed by atoms with Crippen molar-refractivity contribution in [3.8, 4) is 0 Å². The molecule has 0 bridgehead atoms. The molecule has 110 valence electrons. The van der Waals surface area contributed by atoms with E-state index in [0.29, 0.717) is 12.1 Å². The Kier molecular flexibility index (Phi) is 4.37. The number of nitrogens with two attached hydrogens (primary N) is 1. The summed E-state index contributed by atoms with van der Waals surface area (Å²) in [5.74, 6) is -3.72. The van der Waals surface area contributed by atoms with Crippen LogP contribution in [0.15, 0.2) is 30.3 Å². The lowest BCUT2D eigenvalue weighted by atomic mass is 10.2. The Bertz CT molecular complexity index is 707. The highest BCUT2D eigenvalue weighted by Crippen LogP contribution is 2.22. The van der Waals surface area contributed by atoms with Crippen molar-refractivity contribution in [3.05, 3.63) is 63.9 Å². The van der Waals surface area contributed by atoms with Crippen LogP contribution in [0.2, 0.25) is 5.02 Å². The van der Waals surface area contributed by atoms with Crippen LogP contribution in [-0.4, -0.2) is 5.97 Å². The minimum atomic E-state index is -1.10. The van der Waals surface area contributed by atoms with Crippen molar-refractivity contribution in [2.45, 2.75) is 6.61 Å². The molecule has 0 aliphatic rings. The van der Waals surface area contributed by atoms with Gasteiger partial charge in [-0.1, -0.05) is 23.7 Å². The Balaban J connectivity index is 2.16. The van der Waals surface area contributed by atoms with E-state index in [-0.39, 0.29) is 17.2 Å². The van der Waals surface area contributed by atoms with Gasteiger partial charge in [-0.05, 0) is 12.1 Å². The van der Waals surface area contributed by atoms with Crippen molar-refractivity contribution >= 4 is 23.3 Å². The molecule has 0 aliphatic carbocycles. The number of benzene rings is 2. The molecule has 21 heavy (non-hydrogen) atoms. The molecule has 2 N–H and O–H groups in total. The second-order valence-electron chi connectivity index (χ2n) is 4.14. The molecule has 0 atom stereocenters. The van der Waals surface area contributed by atoms with E-state index in [1.54, 1.807) is 0 Å². The minimum Gasteiger partial charge on any atom is -0.457 e. The van der Waals surface area contributed by atoms with Crippen LogP contribution in [0.1, 0.15) is 15.9 Å². The smallest absolute Gasteiger partial charge is 0.341 e. The fourth-order valence-corrected chi connectivity index (χ4v) is 1.78. The van der Waals surface area contributed by atoms with E-state index in [1.807, 2.05) is 0 Å². The predicted octanol–water partition coefficient (Wildman–Crippen LogP) is 3.70. The summed E-state index contributed by atoms with van der Waals surface area (Å²) < 4.78 is 44.7.